The van der Waals surface area contributed by atoms with Crippen molar-refractivity contribution < 1.29 is 9.84 Å². The largest absolute Gasteiger partial charge is 0.392 e. The maximum atomic E-state index is 10.4. The van der Waals surface area contributed by atoms with Crippen molar-refractivity contribution in [3.05, 3.63) is 12.2 Å². The van der Waals surface area contributed by atoms with Crippen LogP contribution in [0, 0.1) is 11.8 Å². The van der Waals surface area contributed by atoms with Gasteiger partial charge < -0.3 is 9.84 Å². The summed E-state index contributed by atoms with van der Waals surface area (Å²) >= 11 is 0. The predicted octanol–water partition coefficient (Wildman–Crippen LogP) is 1.40. The molecule has 1 aromatic heterocycles. The third kappa shape index (κ3) is 2.67. The van der Waals surface area contributed by atoms with Crippen molar-refractivity contribution in [2.45, 2.75) is 64.4 Å². The molecule has 0 spiro atoms. The van der Waals surface area contributed by atoms with E-state index in [-0.39, 0.29) is 18.1 Å². The van der Waals surface area contributed by atoms with Gasteiger partial charge >= 0.3 is 0 Å². The second-order valence-corrected chi connectivity index (χ2v) is 6.30. The molecule has 1 aromatic rings. The van der Waals surface area contributed by atoms with E-state index in [4.69, 9.17) is 4.74 Å². The van der Waals surface area contributed by atoms with E-state index in [2.05, 4.69) is 23.9 Å². The van der Waals surface area contributed by atoms with Crippen molar-refractivity contribution in [1.82, 2.24) is 14.8 Å². The smallest absolute Gasteiger partial charge is 0.138 e. The van der Waals surface area contributed by atoms with E-state index in [1.165, 1.54) is 0 Å². The van der Waals surface area contributed by atoms with E-state index in [1.54, 1.807) is 6.33 Å². The molecule has 4 unspecified atom stereocenters. The van der Waals surface area contributed by atoms with Crippen molar-refractivity contribution in [1.29, 1.82) is 0 Å². The van der Waals surface area contributed by atoms with Crippen LogP contribution in [0.15, 0.2) is 6.33 Å². The summed E-state index contributed by atoms with van der Waals surface area (Å²) in [7, 11) is 0. The molecule has 2 saturated heterocycles. The summed E-state index contributed by atoms with van der Waals surface area (Å²) < 4.78 is 7.74. The van der Waals surface area contributed by atoms with Gasteiger partial charge in [0, 0.05) is 18.9 Å². The number of aromatic nitrogens is 3. The topological polar surface area (TPSA) is 60.2 Å². The zero-order valence-electron chi connectivity index (χ0n) is 11.7. The van der Waals surface area contributed by atoms with Crippen LogP contribution in [0.5, 0.6) is 0 Å². The van der Waals surface area contributed by atoms with Crippen LogP contribution in [0.1, 0.15) is 38.9 Å². The maximum absolute atomic E-state index is 10.4. The van der Waals surface area contributed by atoms with Gasteiger partial charge in [0.25, 0.3) is 0 Å². The summed E-state index contributed by atoms with van der Waals surface area (Å²) in [6.45, 7) is 5.17. The van der Waals surface area contributed by atoms with E-state index < -0.39 is 0 Å². The number of aliphatic hydroxyl groups excluding tert-OH is 1. The van der Waals surface area contributed by atoms with Crippen LogP contribution >= 0.6 is 0 Å². The maximum Gasteiger partial charge on any atom is 0.138 e. The van der Waals surface area contributed by atoms with Crippen LogP contribution in [0.25, 0.3) is 0 Å². The summed E-state index contributed by atoms with van der Waals surface area (Å²) in [5.74, 6) is 1.70. The SMILES string of the molecule is CC(C)Cn1ncnc1CC(O)C1CC2CCC1O2. The molecule has 106 valence electrons. The van der Waals surface area contributed by atoms with Crippen LogP contribution in [0.4, 0.5) is 0 Å². The Morgan fingerprint density at radius 3 is 2.95 bits per heavy atom. The Hall–Kier alpha value is -0.940. The highest BCUT2D eigenvalue weighted by atomic mass is 16.5. The Morgan fingerprint density at radius 2 is 2.32 bits per heavy atom. The zero-order valence-corrected chi connectivity index (χ0v) is 11.7. The highest BCUT2D eigenvalue weighted by molar-refractivity contribution is 4.97. The first-order valence-electron chi connectivity index (χ1n) is 7.33. The molecule has 2 fully saturated rings. The van der Waals surface area contributed by atoms with Crippen molar-refractivity contribution in [3.63, 3.8) is 0 Å². The molecule has 4 atom stereocenters. The van der Waals surface area contributed by atoms with Gasteiger partial charge in [-0.2, -0.15) is 5.10 Å². The average molecular weight is 265 g/mol. The Bertz CT molecular complexity index is 432. The summed E-state index contributed by atoms with van der Waals surface area (Å²) in [6.07, 6.45) is 5.74. The van der Waals surface area contributed by atoms with Crippen LogP contribution in [0.2, 0.25) is 0 Å². The molecule has 0 aromatic carbocycles. The Kier molecular flexibility index (Phi) is 3.58. The summed E-state index contributed by atoms with van der Waals surface area (Å²) in [5.41, 5.74) is 0. The number of hydrogen-bond acceptors (Lipinski definition) is 4. The first-order chi connectivity index (χ1) is 9.13. The fraction of sp³-hybridized carbons (Fsp3) is 0.857. The molecule has 5 nitrogen and oxygen atoms in total. The minimum absolute atomic E-state index is 0.265. The molecule has 2 aliphatic heterocycles. The van der Waals surface area contributed by atoms with Crippen molar-refractivity contribution in [2.75, 3.05) is 0 Å². The third-order valence-corrected chi connectivity index (χ3v) is 4.27. The average Bonchev–Trinajstić information content (AvgIpc) is 3.05. The van der Waals surface area contributed by atoms with Gasteiger partial charge in [-0.15, -0.1) is 0 Å². The van der Waals surface area contributed by atoms with Gasteiger partial charge in [-0.1, -0.05) is 13.8 Å². The van der Waals surface area contributed by atoms with Crippen LogP contribution in [-0.2, 0) is 17.7 Å². The van der Waals surface area contributed by atoms with E-state index in [9.17, 15) is 5.11 Å². The first kappa shape index (κ1) is 13.1. The van der Waals surface area contributed by atoms with E-state index in [0.717, 1.165) is 31.6 Å². The first-order valence-corrected chi connectivity index (χ1v) is 7.33. The van der Waals surface area contributed by atoms with Gasteiger partial charge in [0.05, 0.1) is 18.3 Å². The Morgan fingerprint density at radius 1 is 1.47 bits per heavy atom. The molecule has 3 rings (SSSR count). The van der Waals surface area contributed by atoms with Crippen molar-refractivity contribution >= 4 is 0 Å². The molecule has 3 heterocycles. The lowest BCUT2D eigenvalue weighted by Crippen LogP contribution is -2.32. The highest BCUT2D eigenvalue weighted by Gasteiger charge is 2.44. The van der Waals surface area contributed by atoms with Gasteiger partial charge in [0.15, 0.2) is 0 Å². The van der Waals surface area contributed by atoms with Gasteiger partial charge in [0.2, 0.25) is 0 Å². The second kappa shape index (κ2) is 5.21. The molecule has 0 saturated carbocycles. The summed E-state index contributed by atoms with van der Waals surface area (Å²) in [5, 5.41) is 14.7. The second-order valence-electron chi connectivity index (χ2n) is 6.30. The number of rotatable bonds is 5. The van der Waals surface area contributed by atoms with Gasteiger partial charge in [0.1, 0.15) is 12.2 Å². The minimum Gasteiger partial charge on any atom is -0.392 e. The molecule has 2 aliphatic rings. The standard InChI is InChI=1S/C14H23N3O2/c1-9(2)7-17-14(15-8-16-17)6-12(18)11-5-10-3-4-13(11)19-10/h8-13,18H,3-7H2,1-2H3. The lowest BCUT2D eigenvalue weighted by Gasteiger charge is -2.24. The van der Waals surface area contributed by atoms with Crippen LogP contribution < -0.4 is 0 Å². The molecule has 0 amide bonds. The normalized spacial score (nSPS) is 31.3. The molecule has 2 bridgehead atoms. The lowest BCUT2D eigenvalue weighted by molar-refractivity contribution is 0.0417. The summed E-state index contributed by atoms with van der Waals surface area (Å²) in [4.78, 5) is 4.29. The fourth-order valence-electron chi connectivity index (χ4n) is 3.37. The Balaban J connectivity index is 1.63. The van der Waals surface area contributed by atoms with E-state index in [0.29, 0.717) is 18.4 Å². The molecular weight excluding hydrogens is 242 g/mol. The van der Waals surface area contributed by atoms with Crippen molar-refractivity contribution in [2.24, 2.45) is 11.8 Å². The molecule has 1 N–H and O–H groups in total. The minimum atomic E-state index is -0.356. The monoisotopic (exact) mass is 265 g/mol. The molecule has 5 heteroatoms. The number of ether oxygens (including phenoxy) is 1. The number of aliphatic hydroxyl groups is 1. The summed E-state index contributed by atoms with van der Waals surface area (Å²) in [6, 6.07) is 0. The van der Waals surface area contributed by atoms with Crippen LogP contribution in [-0.4, -0.2) is 38.2 Å². The van der Waals surface area contributed by atoms with Crippen LogP contribution in [0.3, 0.4) is 0 Å². The quantitative estimate of drug-likeness (QED) is 0.874. The number of fused-ring (bicyclic) bond motifs is 2. The fourth-order valence-corrected chi connectivity index (χ4v) is 3.37. The van der Waals surface area contributed by atoms with Gasteiger partial charge in [-0.05, 0) is 25.2 Å². The Labute approximate surface area is 114 Å². The number of hydrogen-bond donors (Lipinski definition) is 1. The van der Waals surface area contributed by atoms with Gasteiger partial charge in [-0.25, -0.2) is 9.67 Å². The molecule has 0 radical (unpaired) electrons. The lowest BCUT2D eigenvalue weighted by atomic mass is 9.84. The van der Waals surface area contributed by atoms with E-state index >= 15 is 0 Å². The zero-order chi connectivity index (χ0) is 13.4. The van der Waals surface area contributed by atoms with Crippen molar-refractivity contribution in [3.8, 4) is 0 Å². The molecule has 0 aliphatic carbocycles. The predicted molar refractivity (Wildman–Crippen MR) is 70.6 cm³/mol. The van der Waals surface area contributed by atoms with Gasteiger partial charge in [-0.3, -0.25) is 0 Å². The highest BCUT2D eigenvalue weighted by Crippen LogP contribution is 2.40. The number of nitrogens with zero attached hydrogens (tertiary/aromatic N) is 3. The molecular formula is C14H23N3O2. The van der Waals surface area contributed by atoms with E-state index in [1.807, 2.05) is 4.68 Å². The third-order valence-electron chi connectivity index (χ3n) is 4.27. The molecule has 19 heavy (non-hydrogen) atoms.